The Balaban J connectivity index is 1.44. The summed E-state index contributed by atoms with van der Waals surface area (Å²) in [6, 6.07) is 8.11. The van der Waals surface area contributed by atoms with Gasteiger partial charge in [-0.1, -0.05) is 19.1 Å². The van der Waals surface area contributed by atoms with E-state index >= 15 is 0 Å². The molecule has 1 saturated heterocycles. The fourth-order valence-electron chi connectivity index (χ4n) is 4.07. The normalized spacial score (nSPS) is 20.0. The minimum atomic E-state index is 0.219. The van der Waals surface area contributed by atoms with Crippen LogP contribution in [0.5, 0.6) is 5.75 Å². The molecule has 4 nitrogen and oxygen atoms in total. The van der Waals surface area contributed by atoms with E-state index in [9.17, 15) is 4.79 Å². The highest BCUT2D eigenvalue weighted by atomic mass is 32.1. The monoisotopic (exact) mass is 370 g/mol. The molecule has 0 N–H and O–H groups in total. The number of thiophene rings is 1. The highest BCUT2D eigenvalue weighted by Crippen LogP contribution is 2.34. The number of ether oxygens (including phenoxy) is 1. The van der Waals surface area contributed by atoms with E-state index in [1.165, 1.54) is 16.9 Å². The van der Waals surface area contributed by atoms with Crippen molar-refractivity contribution in [1.82, 2.24) is 4.90 Å². The fraction of sp³-hybridized carbons (Fsp3) is 0.476. The number of methoxy groups -OCH3 is 1. The third-order valence-electron chi connectivity index (χ3n) is 5.62. The largest absolute Gasteiger partial charge is 0.495 e. The van der Waals surface area contributed by atoms with Crippen LogP contribution in [0.1, 0.15) is 34.1 Å². The number of piperazine rings is 1. The van der Waals surface area contributed by atoms with E-state index in [-0.39, 0.29) is 5.91 Å². The van der Waals surface area contributed by atoms with Gasteiger partial charge in [0.05, 0.1) is 18.4 Å². The number of carbonyl (C=O) groups excluding carboxylic acids is 1. The molecule has 0 saturated carbocycles. The lowest BCUT2D eigenvalue weighted by Gasteiger charge is -2.36. The van der Waals surface area contributed by atoms with E-state index in [4.69, 9.17) is 4.74 Å². The van der Waals surface area contributed by atoms with Crippen LogP contribution in [-0.4, -0.2) is 44.1 Å². The van der Waals surface area contributed by atoms with Crippen LogP contribution in [0.25, 0.3) is 0 Å². The van der Waals surface area contributed by atoms with Crippen LogP contribution in [-0.2, 0) is 12.8 Å². The van der Waals surface area contributed by atoms with Crippen LogP contribution in [0.4, 0.5) is 5.69 Å². The number of nitrogens with zero attached hydrogens (tertiary/aromatic N) is 2. The molecule has 26 heavy (non-hydrogen) atoms. The zero-order valence-electron chi connectivity index (χ0n) is 15.5. The molecule has 1 aliphatic heterocycles. The summed E-state index contributed by atoms with van der Waals surface area (Å²) in [7, 11) is 1.71. The molecular formula is C21H26N2O2S. The van der Waals surface area contributed by atoms with Crippen molar-refractivity contribution in [2.24, 2.45) is 5.92 Å². The second kappa shape index (κ2) is 7.31. The van der Waals surface area contributed by atoms with E-state index in [1.54, 1.807) is 18.4 Å². The molecule has 0 spiro atoms. The maximum absolute atomic E-state index is 13.1. The Hall–Kier alpha value is -2.01. The fourth-order valence-corrected chi connectivity index (χ4v) is 5.31. The minimum Gasteiger partial charge on any atom is -0.495 e. The second-order valence-electron chi connectivity index (χ2n) is 7.35. The van der Waals surface area contributed by atoms with Gasteiger partial charge in [-0.2, -0.15) is 0 Å². The van der Waals surface area contributed by atoms with Gasteiger partial charge in [0.15, 0.2) is 0 Å². The van der Waals surface area contributed by atoms with E-state index in [2.05, 4.69) is 23.3 Å². The Morgan fingerprint density at radius 2 is 1.96 bits per heavy atom. The van der Waals surface area contributed by atoms with Crippen molar-refractivity contribution in [2.75, 3.05) is 38.2 Å². The van der Waals surface area contributed by atoms with Crippen molar-refractivity contribution >= 4 is 22.9 Å². The number of benzene rings is 1. The van der Waals surface area contributed by atoms with Crippen molar-refractivity contribution in [3.63, 3.8) is 0 Å². The molecule has 1 atom stereocenters. The van der Waals surface area contributed by atoms with Crippen LogP contribution in [0.3, 0.4) is 0 Å². The van der Waals surface area contributed by atoms with Gasteiger partial charge >= 0.3 is 0 Å². The minimum absolute atomic E-state index is 0.219. The first-order chi connectivity index (χ1) is 12.7. The van der Waals surface area contributed by atoms with Crippen molar-refractivity contribution in [3.05, 3.63) is 45.6 Å². The van der Waals surface area contributed by atoms with Gasteiger partial charge in [0.25, 0.3) is 5.91 Å². The van der Waals surface area contributed by atoms with E-state index in [1.807, 2.05) is 23.1 Å². The molecule has 2 heterocycles. The number of para-hydroxylation sites is 2. The zero-order chi connectivity index (χ0) is 18.1. The number of hydrogen-bond acceptors (Lipinski definition) is 4. The summed E-state index contributed by atoms with van der Waals surface area (Å²) >= 11 is 1.78. The lowest BCUT2D eigenvalue weighted by atomic mass is 9.88. The first-order valence-corrected chi connectivity index (χ1v) is 10.3. The zero-order valence-corrected chi connectivity index (χ0v) is 16.3. The lowest BCUT2D eigenvalue weighted by Crippen LogP contribution is -2.49. The number of carbonyl (C=O) groups is 1. The Morgan fingerprint density at radius 3 is 2.73 bits per heavy atom. The van der Waals surface area contributed by atoms with Crippen molar-refractivity contribution in [1.29, 1.82) is 0 Å². The van der Waals surface area contributed by atoms with Gasteiger partial charge in [0.1, 0.15) is 5.75 Å². The first kappa shape index (κ1) is 17.4. The molecule has 1 amide bonds. The van der Waals surface area contributed by atoms with Gasteiger partial charge in [-0.05, 0) is 42.9 Å². The van der Waals surface area contributed by atoms with Crippen molar-refractivity contribution < 1.29 is 9.53 Å². The van der Waals surface area contributed by atoms with Gasteiger partial charge in [-0.25, -0.2) is 0 Å². The van der Waals surface area contributed by atoms with E-state index in [0.717, 1.165) is 61.9 Å². The summed E-state index contributed by atoms with van der Waals surface area (Å²) in [5.41, 5.74) is 3.40. The molecule has 2 aromatic rings. The molecule has 1 fully saturated rings. The number of hydrogen-bond donors (Lipinski definition) is 0. The Morgan fingerprint density at radius 1 is 1.19 bits per heavy atom. The molecule has 1 aromatic heterocycles. The van der Waals surface area contributed by atoms with Gasteiger partial charge in [0.2, 0.25) is 0 Å². The summed E-state index contributed by atoms with van der Waals surface area (Å²) in [6.07, 6.45) is 3.39. The Kier molecular flexibility index (Phi) is 4.90. The highest BCUT2D eigenvalue weighted by molar-refractivity contribution is 7.10. The smallest absolute Gasteiger partial charge is 0.255 e. The average Bonchev–Trinajstić information content (AvgIpc) is 3.10. The quantitative estimate of drug-likeness (QED) is 0.823. The van der Waals surface area contributed by atoms with E-state index in [0.29, 0.717) is 0 Å². The van der Waals surface area contributed by atoms with Crippen molar-refractivity contribution in [2.45, 2.75) is 26.2 Å². The summed E-state index contributed by atoms with van der Waals surface area (Å²) in [6.45, 7) is 5.52. The standard InChI is InChI=1S/C21H26N2O2S/c1-15-7-8-16-17(14-26-20(16)13-15)21(24)23-11-9-22(10-12-23)18-5-3-4-6-19(18)25-2/h3-6,14-15H,7-13H2,1-2H3. The highest BCUT2D eigenvalue weighted by Gasteiger charge is 2.28. The van der Waals surface area contributed by atoms with Gasteiger partial charge < -0.3 is 14.5 Å². The third-order valence-corrected chi connectivity index (χ3v) is 6.68. The predicted octanol–water partition coefficient (Wildman–Crippen LogP) is 3.84. The topological polar surface area (TPSA) is 32.8 Å². The molecule has 5 heteroatoms. The average molecular weight is 371 g/mol. The maximum Gasteiger partial charge on any atom is 0.255 e. The van der Waals surface area contributed by atoms with Crippen LogP contribution in [0.15, 0.2) is 29.6 Å². The SMILES string of the molecule is COc1ccccc1N1CCN(C(=O)c2csc3c2CCC(C)C3)CC1. The number of amides is 1. The van der Waals surface area contributed by atoms with Crippen LogP contribution >= 0.6 is 11.3 Å². The molecule has 0 radical (unpaired) electrons. The molecule has 138 valence electrons. The molecule has 1 aromatic carbocycles. The summed E-state index contributed by atoms with van der Waals surface area (Å²) in [5.74, 6) is 1.86. The molecule has 1 aliphatic carbocycles. The first-order valence-electron chi connectivity index (χ1n) is 9.44. The van der Waals surface area contributed by atoms with Crippen LogP contribution < -0.4 is 9.64 Å². The molecule has 0 bridgehead atoms. The Labute approximate surface area is 159 Å². The van der Waals surface area contributed by atoms with Crippen molar-refractivity contribution in [3.8, 4) is 5.75 Å². The molecular weight excluding hydrogens is 344 g/mol. The second-order valence-corrected chi connectivity index (χ2v) is 8.31. The van der Waals surface area contributed by atoms with Gasteiger partial charge in [-0.15, -0.1) is 11.3 Å². The lowest BCUT2D eigenvalue weighted by molar-refractivity contribution is 0.0745. The molecule has 4 rings (SSSR count). The van der Waals surface area contributed by atoms with Gasteiger partial charge in [0, 0.05) is 36.4 Å². The predicted molar refractivity (Wildman–Crippen MR) is 107 cm³/mol. The number of anilines is 1. The summed E-state index contributed by atoms with van der Waals surface area (Å²) in [5, 5.41) is 2.09. The third kappa shape index (κ3) is 3.20. The summed E-state index contributed by atoms with van der Waals surface area (Å²) < 4.78 is 5.48. The molecule has 2 aliphatic rings. The summed E-state index contributed by atoms with van der Waals surface area (Å²) in [4.78, 5) is 18.8. The van der Waals surface area contributed by atoms with Crippen LogP contribution in [0.2, 0.25) is 0 Å². The van der Waals surface area contributed by atoms with Gasteiger partial charge in [-0.3, -0.25) is 4.79 Å². The number of rotatable bonds is 3. The van der Waals surface area contributed by atoms with Crippen LogP contribution in [0, 0.1) is 5.92 Å². The van der Waals surface area contributed by atoms with E-state index < -0.39 is 0 Å². The maximum atomic E-state index is 13.1. The number of fused-ring (bicyclic) bond motifs is 1. The molecule has 1 unspecified atom stereocenters. The Bertz CT molecular complexity index is 793.